The molecule has 1 saturated heterocycles. The van der Waals surface area contributed by atoms with Gasteiger partial charge in [-0.1, -0.05) is 36.4 Å². The molecular formula is C22H25N3O2. The first-order valence-corrected chi connectivity index (χ1v) is 9.53. The van der Waals surface area contributed by atoms with Crippen LogP contribution in [0.5, 0.6) is 0 Å². The zero-order valence-electron chi connectivity index (χ0n) is 15.4. The number of carbonyl (C=O) groups excluding carboxylic acids is 1. The maximum atomic E-state index is 12.3. The Morgan fingerprint density at radius 2 is 1.67 bits per heavy atom. The summed E-state index contributed by atoms with van der Waals surface area (Å²) in [5, 5.41) is 4.12. The van der Waals surface area contributed by atoms with Crippen molar-refractivity contribution in [3.63, 3.8) is 0 Å². The molecule has 0 aliphatic carbocycles. The minimum absolute atomic E-state index is 0.0481. The van der Waals surface area contributed by atoms with Gasteiger partial charge >= 0.3 is 0 Å². The third kappa shape index (κ3) is 4.76. The van der Waals surface area contributed by atoms with Crippen molar-refractivity contribution in [2.45, 2.75) is 13.0 Å². The van der Waals surface area contributed by atoms with Gasteiger partial charge in [0.05, 0.1) is 13.1 Å². The predicted molar refractivity (Wildman–Crippen MR) is 108 cm³/mol. The van der Waals surface area contributed by atoms with Crippen LogP contribution in [0.1, 0.15) is 12.2 Å². The number of carbonyl (C=O) groups is 1. The smallest absolute Gasteiger partial charge is 0.238 e. The van der Waals surface area contributed by atoms with E-state index in [1.807, 2.05) is 48.5 Å². The molecule has 0 unspecified atom stereocenters. The quantitative estimate of drug-likeness (QED) is 0.753. The summed E-state index contributed by atoms with van der Waals surface area (Å²) in [5.74, 6) is 1.05. The molecule has 2 aromatic carbocycles. The van der Waals surface area contributed by atoms with Crippen LogP contribution in [0.3, 0.4) is 0 Å². The summed E-state index contributed by atoms with van der Waals surface area (Å²) in [4.78, 5) is 16.9. The Morgan fingerprint density at radius 3 is 2.52 bits per heavy atom. The van der Waals surface area contributed by atoms with Gasteiger partial charge in [-0.2, -0.15) is 0 Å². The molecule has 1 amide bonds. The molecule has 0 bridgehead atoms. The summed E-state index contributed by atoms with van der Waals surface area (Å²) >= 11 is 0. The Labute approximate surface area is 159 Å². The zero-order chi connectivity index (χ0) is 18.5. The summed E-state index contributed by atoms with van der Waals surface area (Å²) in [5.41, 5.74) is 1.80. The fourth-order valence-electron chi connectivity index (χ4n) is 3.60. The highest BCUT2D eigenvalue weighted by Gasteiger charge is 2.18. The molecule has 27 heavy (non-hydrogen) atoms. The molecular weight excluding hydrogens is 338 g/mol. The van der Waals surface area contributed by atoms with E-state index in [0.29, 0.717) is 6.54 Å². The highest BCUT2D eigenvalue weighted by atomic mass is 16.3. The van der Waals surface area contributed by atoms with Crippen LogP contribution in [0.15, 0.2) is 65.1 Å². The van der Waals surface area contributed by atoms with E-state index in [2.05, 4.69) is 27.2 Å². The van der Waals surface area contributed by atoms with Gasteiger partial charge in [0.15, 0.2) is 0 Å². The number of hydrogen-bond acceptors (Lipinski definition) is 4. The largest absolute Gasteiger partial charge is 0.460 e. The number of fused-ring (bicyclic) bond motifs is 1. The number of furan rings is 1. The van der Waals surface area contributed by atoms with Crippen LogP contribution in [0.25, 0.3) is 11.0 Å². The van der Waals surface area contributed by atoms with Crippen molar-refractivity contribution in [2.75, 3.05) is 38.0 Å². The number of rotatable bonds is 5. The van der Waals surface area contributed by atoms with Crippen molar-refractivity contribution in [1.82, 2.24) is 9.80 Å². The number of anilines is 1. The van der Waals surface area contributed by atoms with E-state index in [4.69, 9.17) is 4.42 Å². The average molecular weight is 363 g/mol. The topological polar surface area (TPSA) is 48.7 Å². The first-order chi connectivity index (χ1) is 13.3. The molecule has 1 aliphatic rings. The van der Waals surface area contributed by atoms with E-state index < -0.39 is 0 Å². The Morgan fingerprint density at radius 1 is 0.926 bits per heavy atom. The third-order valence-electron chi connectivity index (χ3n) is 4.96. The number of amides is 1. The van der Waals surface area contributed by atoms with Crippen LogP contribution in [0, 0.1) is 0 Å². The molecule has 1 fully saturated rings. The second-order valence-electron chi connectivity index (χ2n) is 7.07. The predicted octanol–water partition coefficient (Wildman–Crippen LogP) is 3.58. The molecule has 5 heteroatoms. The number of nitrogens with one attached hydrogen (secondary N) is 1. The minimum Gasteiger partial charge on any atom is -0.460 e. The standard InChI is InChI=1S/C22H25N3O2/c26-22(23-19-8-2-1-3-9-19)17-25-12-6-11-24(13-14-25)16-20-15-18-7-4-5-10-21(18)27-20/h1-5,7-10,15H,6,11-14,16-17H2,(H,23,26). The van der Waals surface area contributed by atoms with E-state index >= 15 is 0 Å². The first kappa shape index (κ1) is 17.8. The maximum absolute atomic E-state index is 12.3. The van der Waals surface area contributed by atoms with Gasteiger partial charge in [0.1, 0.15) is 11.3 Å². The monoisotopic (exact) mass is 363 g/mol. The molecule has 2 heterocycles. The Hall–Kier alpha value is -2.63. The van der Waals surface area contributed by atoms with Crippen LogP contribution in [0.4, 0.5) is 5.69 Å². The number of hydrogen-bond donors (Lipinski definition) is 1. The molecule has 3 aromatic rings. The van der Waals surface area contributed by atoms with Crippen molar-refractivity contribution in [1.29, 1.82) is 0 Å². The van der Waals surface area contributed by atoms with Gasteiger partial charge in [0.25, 0.3) is 0 Å². The lowest BCUT2D eigenvalue weighted by atomic mass is 10.2. The molecule has 0 spiro atoms. The normalized spacial score (nSPS) is 16.3. The summed E-state index contributed by atoms with van der Waals surface area (Å²) < 4.78 is 5.95. The molecule has 1 N–H and O–H groups in total. The molecule has 0 radical (unpaired) electrons. The molecule has 4 rings (SSSR count). The van der Waals surface area contributed by atoms with E-state index in [0.717, 1.165) is 61.6 Å². The van der Waals surface area contributed by atoms with Crippen LogP contribution < -0.4 is 5.32 Å². The van der Waals surface area contributed by atoms with E-state index in [-0.39, 0.29) is 5.91 Å². The van der Waals surface area contributed by atoms with Crippen LogP contribution in [-0.4, -0.2) is 48.4 Å². The lowest BCUT2D eigenvalue weighted by Gasteiger charge is -2.20. The summed E-state index contributed by atoms with van der Waals surface area (Å²) in [7, 11) is 0. The fourth-order valence-corrected chi connectivity index (χ4v) is 3.60. The van der Waals surface area contributed by atoms with Crippen LogP contribution >= 0.6 is 0 Å². The number of para-hydroxylation sites is 2. The van der Waals surface area contributed by atoms with Crippen LogP contribution in [-0.2, 0) is 11.3 Å². The molecule has 140 valence electrons. The number of nitrogens with zero attached hydrogens (tertiary/aromatic N) is 2. The van der Waals surface area contributed by atoms with Crippen molar-refractivity contribution in [3.05, 3.63) is 66.4 Å². The Balaban J connectivity index is 1.29. The molecule has 1 aliphatic heterocycles. The lowest BCUT2D eigenvalue weighted by molar-refractivity contribution is -0.117. The maximum Gasteiger partial charge on any atom is 0.238 e. The minimum atomic E-state index is 0.0481. The summed E-state index contributed by atoms with van der Waals surface area (Å²) in [6.07, 6.45) is 1.05. The summed E-state index contributed by atoms with van der Waals surface area (Å²) in [6, 6.07) is 19.9. The van der Waals surface area contributed by atoms with E-state index in [1.165, 1.54) is 0 Å². The third-order valence-corrected chi connectivity index (χ3v) is 4.96. The van der Waals surface area contributed by atoms with Gasteiger partial charge in [0, 0.05) is 24.2 Å². The Kier molecular flexibility index (Phi) is 5.51. The molecule has 5 nitrogen and oxygen atoms in total. The van der Waals surface area contributed by atoms with Crippen molar-refractivity contribution in [2.24, 2.45) is 0 Å². The lowest BCUT2D eigenvalue weighted by Crippen LogP contribution is -2.36. The second kappa shape index (κ2) is 8.37. The van der Waals surface area contributed by atoms with Gasteiger partial charge in [-0.05, 0) is 43.8 Å². The van der Waals surface area contributed by atoms with Crippen molar-refractivity contribution >= 4 is 22.6 Å². The van der Waals surface area contributed by atoms with E-state index in [9.17, 15) is 4.79 Å². The van der Waals surface area contributed by atoms with Gasteiger partial charge in [-0.3, -0.25) is 14.6 Å². The van der Waals surface area contributed by atoms with Crippen LogP contribution in [0.2, 0.25) is 0 Å². The number of benzene rings is 2. The van der Waals surface area contributed by atoms with Gasteiger partial charge in [-0.15, -0.1) is 0 Å². The first-order valence-electron chi connectivity index (χ1n) is 9.53. The summed E-state index contributed by atoms with van der Waals surface area (Å²) in [6.45, 7) is 5.05. The van der Waals surface area contributed by atoms with Gasteiger partial charge < -0.3 is 9.73 Å². The van der Waals surface area contributed by atoms with E-state index in [1.54, 1.807) is 0 Å². The van der Waals surface area contributed by atoms with Gasteiger partial charge in [-0.25, -0.2) is 0 Å². The molecule has 0 atom stereocenters. The SMILES string of the molecule is O=C(CN1CCCN(Cc2cc3ccccc3o2)CC1)Nc1ccccc1. The van der Waals surface area contributed by atoms with Crippen molar-refractivity contribution in [3.8, 4) is 0 Å². The van der Waals surface area contributed by atoms with Gasteiger partial charge in [0.2, 0.25) is 5.91 Å². The van der Waals surface area contributed by atoms with Crippen molar-refractivity contribution < 1.29 is 9.21 Å². The highest BCUT2D eigenvalue weighted by molar-refractivity contribution is 5.92. The molecule has 0 saturated carbocycles. The average Bonchev–Trinajstić information content (AvgIpc) is 2.96. The fraction of sp³-hybridized carbons (Fsp3) is 0.318. The zero-order valence-corrected chi connectivity index (χ0v) is 15.4. The highest BCUT2D eigenvalue weighted by Crippen LogP contribution is 2.20. The molecule has 1 aromatic heterocycles. The second-order valence-corrected chi connectivity index (χ2v) is 7.07. The Bertz CT molecular complexity index is 858.